The Morgan fingerprint density at radius 3 is 2.54 bits per heavy atom. The Kier molecular flexibility index (Phi) is 7.83. The standard InChI is InChI=1S/C20H30O4/c1-7-9-12-23-15(3)24-18-14-17(20(4,5)6)11-10-16(18)13-19(21)22-8-2/h9-12,14-15H,7-8,13H2,1-6H3/b12-9-. The highest BCUT2D eigenvalue weighted by Gasteiger charge is 2.19. The lowest BCUT2D eigenvalue weighted by molar-refractivity contribution is -0.142. The van der Waals surface area contributed by atoms with Crippen LogP contribution >= 0.6 is 0 Å². The molecule has 1 aromatic carbocycles. The summed E-state index contributed by atoms with van der Waals surface area (Å²) in [6.07, 6.45) is 4.21. The van der Waals surface area contributed by atoms with E-state index in [0.29, 0.717) is 12.4 Å². The van der Waals surface area contributed by atoms with Crippen molar-refractivity contribution >= 4 is 5.97 Å². The number of esters is 1. The molecule has 0 heterocycles. The summed E-state index contributed by atoms with van der Waals surface area (Å²) in [6, 6.07) is 5.95. The molecule has 4 heteroatoms. The SMILES string of the molecule is CC/C=C\OC(C)Oc1cc(C(C)(C)C)ccc1CC(=O)OCC. The zero-order valence-corrected chi connectivity index (χ0v) is 15.7. The van der Waals surface area contributed by atoms with E-state index < -0.39 is 6.29 Å². The van der Waals surface area contributed by atoms with Crippen molar-refractivity contribution in [1.82, 2.24) is 0 Å². The molecule has 0 aromatic heterocycles. The Balaban J connectivity index is 3.01. The molecule has 4 nitrogen and oxygen atoms in total. The zero-order chi connectivity index (χ0) is 18.2. The number of hydrogen-bond acceptors (Lipinski definition) is 4. The van der Waals surface area contributed by atoms with Crippen LogP contribution in [0.1, 0.15) is 59.1 Å². The summed E-state index contributed by atoms with van der Waals surface area (Å²) in [5.41, 5.74) is 1.94. The molecule has 0 aliphatic carbocycles. The van der Waals surface area contributed by atoms with Crippen LogP contribution in [-0.2, 0) is 26.1 Å². The maximum atomic E-state index is 11.8. The molecule has 24 heavy (non-hydrogen) atoms. The molecule has 0 radical (unpaired) electrons. The lowest BCUT2D eigenvalue weighted by Crippen LogP contribution is -2.18. The van der Waals surface area contributed by atoms with Gasteiger partial charge in [-0.3, -0.25) is 4.79 Å². The van der Waals surface area contributed by atoms with Crippen LogP contribution in [0, 0.1) is 0 Å². The minimum Gasteiger partial charge on any atom is -0.466 e. The van der Waals surface area contributed by atoms with E-state index in [1.807, 2.05) is 38.1 Å². The number of ether oxygens (including phenoxy) is 3. The third kappa shape index (κ3) is 6.65. The number of carbonyl (C=O) groups is 1. The van der Waals surface area contributed by atoms with Crippen LogP contribution < -0.4 is 4.74 Å². The maximum absolute atomic E-state index is 11.8. The number of hydrogen-bond donors (Lipinski definition) is 0. The molecule has 0 saturated heterocycles. The number of benzene rings is 1. The molecule has 0 amide bonds. The van der Waals surface area contributed by atoms with Gasteiger partial charge >= 0.3 is 5.97 Å². The first-order valence-electron chi connectivity index (χ1n) is 8.54. The number of rotatable bonds is 8. The summed E-state index contributed by atoms with van der Waals surface area (Å²) in [7, 11) is 0. The normalized spacial score (nSPS) is 12.9. The average molecular weight is 334 g/mol. The molecule has 0 saturated carbocycles. The lowest BCUT2D eigenvalue weighted by Gasteiger charge is -2.23. The second-order valence-corrected chi connectivity index (χ2v) is 6.66. The van der Waals surface area contributed by atoms with Gasteiger partial charge in [0.05, 0.1) is 19.3 Å². The Morgan fingerprint density at radius 1 is 1.25 bits per heavy atom. The predicted molar refractivity (Wildman–Crippen MR) is 96.1 cm³/mol. The summed E-state index contributed by atoms with van der Waals surface area (Å²) in [6.45, 7) is 12.5. The second kappa shape index (κ2) is 9.36. The van der Waals surface area contributed by atoms with Crippen molar-refractivity contribution in [2.45, 2.75) is 66.1 Å². The van der Waals surface area contributed by atoms with Crippen molar-refractivity contribution in [3.05, 3.63) is 41.7 Å². The Morgan fingerprint density at radius 2 is 1.96 bits per heavy atom. The molecular formula is C20H30O4. The minimum atomic E-state index is -0.441. The van der Waals surface area contributed by atoms with Crippen LogP contribution in [0.15, 0.2) is 30.5 Å². The highest BCUT2D eigenvalue weighted by molar-refractivity contribution is 5.73. The second-order valence-electron chi connectivity index (χ2n) is 6.66. The van der Waals surface area contributed by atoms with Crippen LogP contribution in [0.5, 0.6) is 5.75 Å². The molecule has 1 aromatic rings. The summed E-state index contributed by atoms with van der Waals surface area (Å²) in [5.74, 6) is 0.401. The molecular weight excluding hydrogens is 304 g/mol. The van der Waals surface area contributed by atoms with Gasteiger partial charge in [0.15, 0.2) is 0 Å². The maximum Gasteiger partial charge on any atom is 0.310 e. The summed E-state index contributed by atoms with van der Waals surface area (Å²) in [4.78, 5) is 11.8. The van der Waals surface area contributed by atoms with Crippen LogP contribution in [0.25, 0.3) is 0 Å². The smallest absolute Gasteiger partial charge is 0.310 e. The van der Waals surface area contributed by atoms with Crippen molar-refractivity contribution in [3.63, 3.8) is 0 Å². The van der Waals surface area contributed by atoms with Gasteiger partial charge in [-0.15, -0.1) is 0 Å². The molecule has 134 valence electrons. The minimum absolute atomic E-state index is 0.00717. The van der Waals surface area contributed by atoms with Crippen molar-refractivity contribution in [1.29, 1.82) is 0 Å². The highest BCUT2D eigenvalue weighted by atomic mass is 16.7. The lowest BCUT2D eigenvalue weighted by atomic mass is 9.86. The van der Waals surface area contributed by atoms with E-state index in [0.717, 1.165) is 17.5 Å². The van der Waals surface area contributed by atoms with Gasteiger partial charge in [0.2, 0.25) is 6.29 Å². The Bertz CT molecular complexity index is 555. The molecule has 1 unspecified atom stereocenters. The fourth-order valence-electron chi connectivity index (χ4n) is 2.11. The van der Waals surface area contributed by atoms with Crippen LogP contribution in [0.3, 0.4) is 0 Å². The fourth-order valence-corrected chi connectivity index (χ4v) is 2.11. The first-order valence-corrected chi connectivity index (χ1v) is 8.54. The first kappa shape index (κ1) is 20.1. The van der Waals surface area contributed by atoms with Gasteiger partial charge in [-0.1, -0.05) is 39.8 Å². The van der Waals surface area contributed by atoms with Crippen LogP contribution in [-0.4, -0.2) is 18.9 Å². The third-order valence-electron chi connectivity index (χ3n) is 3.47. The summed E-state index contributed by atoms with van der Waals surface area (Å²) < 4.78 is 16.5. The number of allylic oxidation sites excluding steroid dienone is 1. The van der Waals surface area contributed by atoms with E-state index in [-0.39, 0.29) is 17.8 Å². The summed E-state index contributed by atoms with van der Waals surface area (Å²) >= 11 is 0. The van der Waals surface area contributed by atoms with E-state index in [4.69, 9.17) is 14.2 Å². The summed E-state index contributed by atoms with van der Waals surface area (Å²) in [5, 5.41) is 0. The van der Waals surface area contributed by atoms with E-state index in [1.54, 1.807) is 13.2 Å². The van der Waals surface area contributed by atoms with E-state index in [9.17, 15) is 4.79 Å². The van der Waals surface area contributed by atoms with Crippen molar-refractivity contribution in [3.8, 4) is 5.75 Å². The van der Waals surface area contributed by atoms with Gasteiger partial charge in [0, 0.05) is 12.5 Å². The average Bonchev–Trinajstić information content (AvgIpc) is 2.48. The highest BCUT2D eigenvalue weighted by Crippen LogP contribution is 2.30. The Labute approximate surface area is 145 Å². The van der Waals surface area contributed by atoms with E-state index in [2.05, 4.69) is 20.8 Å². The molecule has 0 N–H and O–H groups in total. The third-order valence-corrected chi connectivity index (χ3v) is 3.47. The number of carbonyl (C=O) groups excluding carboxylic acids is 1. The van der Waals surface area contributed by atoms with Crippen molar-refractivity contribution in [2.24, 2.45) is 0 Å². The zero-order valence-electron chi connectivity index (χ0n) is 15.7. The van der Waals surface area contributed by atoms with Gasteiger partial charge in [0.25, 0.3) is 0 Å². The molecule has 0 aliphatic heterocycles. The van der Waals surface area contributed by atoms with Crippen LogP contribution in [0.4, 0.5) is 0 Å². The van der Waals surface area contributed by atoms with E-state index >= 15 is 0 Å². The Hall–Kier alpha value is -1.97. The van der Waals surface area contributed by atoms with Gasteiger partial charge in [-0.05, 0) is 36.5 Å². The first-order chi connectivity index (χ1) is 11.3. The molecule has 1 atom stereocenters. The quantitative estimate of drug-likeness (QED) is 0.391. The molecule has 0 spiro atoms. The molecule has 0 fully saturated rings. The molecule has 0 bridgehead atoms. The van der Waals surface area contributed by atoms with E-state index in [1.165, 1.54) is 0 Å². The monoisotopic (exact) mass is 334 g/mol. The molecule has 0 aliphatic rings. The van der Waals surface area contributed by atoms with Crippen molar-refractivity contribution < 1.29 is 19.0 Å². The van der Waals surface area contributed by atoms with Gasteiger partial charge in [-0.2, -0.15) is 0 Å². The van der Waals surface area contributed by atoms with Gasteiger partial charge in [0.1, 0.15) is 5.75 Å². The fraction of sp³-hybridized carbons (Fsp3) is 0.550. The van der Waals surface area contributed by atoms with Gasteiger partial charge < -0.3 is 14.2 Å². The predicted octanol–water partition coefficient (Wildman–Crippen LogP) is 4.75. The molecule has 1 rings (SSSR count). The largest absolute Gasteiger partial charge is 0.466 e. The topological polar surface area (TPSA) is 44.8 Å². The van der Waals surface area contributed by atoms with Crippen molar-refractivity contribution in [2.75, 3.05) is 6.61 Å². The van der Waals surface area contributed by atoms with Crippen LogP contribution in [0.2, 0.25) is 0 Å². The van der Waals surface area contributed by atoms with Gasteiger partial charge in [-0.25, -0.2) is 0 Å².